The molecule has 0 radical (unpaired) electrons. The van der Waals surface area contributed by atoms with Gasteiger partial charge in [-0.3, -0.25) is 0 Å². The van der Waals surface area contributed by atoms with Gasteiger partial charge in [0.2, 0.25) is 0 Å². The van der Waals surface area contributed by atoms with Gasteiger partial charge in [-0.15, -0.1) is 12.4 Å². The van der Waals surface area contributed by atoms with Crippen molar-refractivity contribution >= 4 is 12.4 Å². The van der Waals surface area contributed by atoms with Crippen molar-refractivity contribution in [3.8, 4) is 0 Å². The van der Waals surface area contributed by atoms with Crippen molar-refractivity contribution in [1.29, 1.82) is 0 Å². The summed E-state index contributed by atoms with van der Waals surface area (Å²) in [4.78, 5) is 0. The Labute approximate surface area is 80.5 Å². The topological polar surface area (TPSA) is 21.3 Å². The minimum absolute atomic E-state index is 0. The minimum Gasteiger partial charge on any atom is -0.376 e. The van der Waals surface area contributed by atoms with Crippen LogP contribution in [0.3, 0.4) is 0 Å². The van der Waals surface area contributed by atoms with Crippen molar-refractivity contribution in [2.75, 3.05) is 13.2 Å². The smallest absolute Gasteiger partial charge is 0.0737 e. The summed E-state index contributed by atoms with van der Waals surface area (Å²) in [7, 11) is 0. The molecule has 2 aliphatic rings. The molecular formula is C9H18ClNO. The molecule has 12 heavy (non-hydrogen) atoms. The first-order valence-corrected chi connectivity index (χ1v) is 4.71. The highest BCUT2D eigenvalue weighted by Crippen LogP contribution is 2.29. The highest BCUT2D eigenvalue weighted by molar-refractivity contribution is 5.85. The third-order valence-electron chi connectivity index (χ3n) is 2.70. The Bertz CT molecular complexity index is 138. The molecule has 0 aromatic carbocycles. The molecule has 2 nitrogen and oxygen atoms in total. The van der Waals surface area contributed by atoms with E-state index >= 15 is 0 Å². The fourth-order valence-corrected chi connectivity index (χ4v) is 1.61. The predicted molar refractivity (Wildman–Crippen MR) is 51.8 cm³/mol. The average Bonchev–Trinajstić information content (AvgIpc) is 2.73. The molecule has 3 heteroatoms. The van der Waals surface area contributed by atoms with Gasteiger partial charge in [0.15, 0.2) is 0 Å². The first-order valence-electron chi connectivity index (χ1n) is 4.71. The largest absolute Gasteiger partial charge is 0.376 e. The molecule has 0 spiro atoms. The van der Waals surface area contributed by atoms with E-state index in [2.05, 4.69) is 12.2 Å². The molecule has 0 amide bonds. The van der Waals surface area contributed by atoms with E-state index in [0.717, 1.165) is 19.1 Å². The summed E-state index contributed by atoms with van der Waals surface area (Å²) in [6.45, 7) is 4.36. The maximum absolute atomic E-state index is 5.78. The summed E-state index contributed by atoms with van der Waals surface area (Å²) >= 11 is 0. The number of halogens is 1. The average molecular weight is 192 g/mol. The number of hydrogen-bond acceptors (Lipinski definition) is 2. The zero-order chi connectivity index (χ0) is 7.68. The third-order valence-corrected chi connectivity index (χ3v) is 2.70. The van der Waals surface area contributed by atoms with Crippen molar-refractivity contribution in [3.63, 3.8) is 0 Å². The number of nitrogens with one attached hydrogen (secondary N) is 1. The summed E-state index contributed by atoms with van der Waals surface area (Å²) in [5, 5.41) is 3.39. The molecule has 0 aromatic rings. The fraction of sp³-hybridized carbons (Fsp3) is 1.00. The van der Waals surface area contributed by atoms with E-state index < -0.39 is 0 Å². The second kappa shape index (κ2) is 4.45. The first kappa shape index (κ1) is 10.3. The Morgan fingerprint density at radius 3 is 2.58 bits per heavy atom. The second-order valence-electron chi connectivity index (χ2n) is 3.85. The molecule has 2 fully saturated rings. The molecule has 1 N–H and O–H groups in total. The van der Waals surface area contributed by atoms with Crippen molar-refractivity contribution in [3.05, 3.63) is 0 Å². The van der Waals surface area contributed by atoms with Crippen molar-refractivity contribution in [2.45, 2.75) is 38.3 Å². The van der Waals surface area contributed by atoms with E-state index in [1.165, 1.54) is 19.3 Å². The van der Waals surface area contributed by atoms with Crippen LogP contribution in [0.15, 0.2) is 0 Å². The molecule has 1 saturated heterocycles. The van der Waals surface area contributed by atoms with Crippen LogP contribution < -0.4 is 5.32 Å². The normalized spacial score (nSPS) is 34.8. The standard InChI is InChI=1S/C9H17NO.ClH/c1-7-9(4-5-10-7)11-6-8-2-3-8;/h7-10H,2-6H2,1H3;1H. The Balaban J connectivity index is 0.000000720. The molecule has 0 aromatic heterocycles. The quantitative estimate of drug-likeness (QED) is 0.732. The molecule has 2 unspecified atom stereocenters. The van der Waals surface area contributed by atoms with Gasteiger partial charge in [-0.25, -0.2) is 0 Å². The molecule has 2 rings (SSSR count). The van der Waals surface area contributed by atoms with Gasteiger partial charge < -0.3 is 10.1 Å². The maximum atomic E-state index is 5.78. The number of rotatable bonds is 3. The van der Waals surface area contributed by atoms with Crippen LogP contribution in [-0.4, -0.2) is 25.3 Å². The van der Waals surface area contributed by atoms with E-state index in [0.29, 0.717) is 12.1 Å². The molecule has 0 bridgehead atoms. The van der Waals surface area contributed by atoms with Gasteiger partial charge in [0.05, 0.1) is 6.10 Å². The number of ether oxygens (including phenoxy) is 1. The van der Waals surface area contributed by atoms with E-state index in [1.54, 1.807) is 0 Å². The van der Waals surface area contributed by atoms with Crippen LogP contribution in [0.4, 0.5) is 0 Å². The lowest BCUT2D eigenvalue weighted by atomic mass is 10.2. The number of hydrogen-bond donors (Lipinski definition) is 1. The molecule has 72 valence electrons. The maximum Gasteiger partial charge on any atom is 0.0737 e. The zero-order valence-electron chi connectivity index (χ0n) is 7.58. The van der Waals surface area contributed by atoms with Crippen molar-refractivity contribution in [1.82, 2.24) is 5.32 Å². The lowest BCUT2D eigenvalue weighted by Gasteiger charge is -2.15. The Morgan fingerprint density at radius 1 is 1.33 bits per heavy atom. The summed E-state index contributed by atoms with van der Waals surface area (Å²) in [6, 6.07) is 0.578. The van der Waals surface area contributed by atoms with Crippen LogP contribution in [0, 0.1) is 5.92 Å². The fourth-order valence-electron chi connectivity index (χ4n) is 1.61. The zero-order valence-corrected chi connectivity index (χ0v) is 8.40. The van der Waals surface area contributed by atoms with Gasteiger partial charge in [-0.1, -0.05) is 0 Å². The summed E-state index contributed by atoms with van der Waals surface area (Å²) in [5.74, 6) is 0.905. The lowest BCUT2D eigenvalue weighted by molar-refractivity contribution is 0.0417. The summed E-state index contributed by atoms with van der Waals surface area (Å²) < 4.78 is 5.78. The van der Waals surface area contributed by atoms with Crippen LogP contribution in [0.1, 0.15) is 26.2 Å². The van der Waals surface area contributed by atoms with Crippen LogP contribution in [-0.2, 0) is 4.74 Å². The second-order valence-corrected chi connectivity index (χ2v) is 3.85. The monoisotopic (exact) mass is 191 g/mol. The van der Waals surface area contributed by atoms with Gasteiger partial charge in [0.25, 0.3) is 0 Å². The minimum atomic E-state index is 0. The van der Waals surface area contributed by atoms with Crippen molar-refractivity contribution < 1.29 is 4.74 Å². The van der Waals surface area contributed by atoms with E-state index in [9.17, 15) is 0 Å². The van der Waals surface area contributed by atoms with Crippen LogP contribution in [0.5, 0.6) is 0 Å². The van der Waals surface area contributed by atoms with E-state index in [-0.39, 0.29) is 12.4 Å². The molecule has 1 aliphatic heterocycles. The van der Waals surface area contributed by atoms with Gasteiger partial charge >= 0.3 is 0 Å². The third kappa shape index (κ3) is 2.61. The van der Waals surface area contributed by atoms with Crippen molar-refractivity contribution in [2.24, 2.45) is 5.92 Å². The van der Waals surface area contributed by atoms with Gasteiger partial charge in [0, 0.05) is 12.6 Å². The molecule has 1 aliphatic carbocycles. The summed E-state index contributed by atoms with van der Waals surface area (Å²) in [6.07, 6.45) is 4.49. The summed E-state index contributed by atoms with van der Waals surface area (Å²) in [5.41, 5.74) is 0. The first-order chi connectivity index (χ1) is 5.36. The molecule has 2 atom stereocenters. The van der Waals surface area contributed by atoms with Crippen LogP contribution in [0.25, 0.3) is 0 Å². The predicted octanol–water partition coefficient (Wildman–Crippen LogP) is 1.59. The molecule has 1 saturated carbocycles. The van der Waals surface area contributed by atoms with E-state index in [4.69, 9.17) is 4.74 Å². The SMILES string of the molecule is CC1NCCC1OCC1CC1.Cl. The van der Waals surface area contributed by atoms with Gasteiger partial charge in [0.1, 0.15) is 0 Å². The Kier molecular flexibility index (Phi) is 3.81. The van der Waals surface area contributed by atoms with Gasteiger partial charge in [-0.2, -0.15) is 0 Å². The Morgan fingerprint density at radius 2 is 2.08 bits per heavy atom. The van der Waals surface area contributed by atoms with Gasteiger partial charge in [-0.05, 0) is 38.6 Å². The highest BCUT2D eigenvalue weighted by atomic mass is 35.5. The van der Waals surface area contributed by atoms with E-state index in [1.807, 2.05) is 0 Å². The molecule has 1 heterocycles. The van der Waals surface area contributed by atoms with Crippen LogP contribution in [0.2, 0.25) is 0 Å². The van der Waals surface area contributed by atoms with Crippen LogP contribution >= 0.6 is 12.4 Å². The Hall–Kier alpha value is 0.210. The lowest BCUT2D eigenvalue weighted by Crippen LogP contribution is -2.29. The highest BCUT2D eigenvalue weighted by Gasteiger charge is 2.27. The molecular weight excluding hydrogens is 174 g/mol.